The second-order valence-corrected chi connectivity index (χ2v) is 7.16. The summed E-state index contributed by atoms with van der Waals surface area (Å²) in [6.07, 6.45) is 5.17. The van der Waals surface area contributed by atoms with E-state index in [1.165, 1.54) is 19.2 Å². The van der Waals surface area contributed by atoms with E-state index in [-0.39, 0.29) is 23.4 Å². The Balaban J connectivity index is 1.65. The Morgan fingerprint density at radius 2 is 2.19 bits per heavy atom. The van der Waals surface area contributed by atoms with Gasteiger partial charge in [-0.2, -0.15) is 9.61 Å². The van der Waals surface area contributed by atoms with Gasteiger partial charge in [0, 0.05) is 23.0 Å². The zero-order valence-electron chi connectivity index (χ0n) is 16.4. The summed E-state index contributed by atoms with van der Waals surface area (Å²) in [5.74, 6) is -0.157. The van der Waals surface area contributed by atoms with Crippen LogP contribution in [0.4, 0.5) is 15.9 Å². The fourth-order valence-electron chi connectivity index (χ4n) is 3.15. The van der Waals surface area contributed by atoms with E-state index in [1.54, 1.807) is 28.9 Å². The lowest BCUT2D eigenvalue weighted by Crippen LogP contribution is -2.19. The minimum Gasteiger partial charge on any atom is -0.494 e. The van der Waals surface area contributed by atoms with Gasteiger partial charge in [0.15, 0.2) is 22.7 Å². The summed E-state index contributed by atoms with van der Waals surface area (Å²) in [6.45, 7) is 0. The summed E-state index contributed by atoms with van der Waals surface area (Å²) in [6, 6.07) is 6.41. The highest BCUT2D eigenvalue weighted by molar-refractivity contribution is 5.62. The molecule has 1 aliphatic carbocycles. The van der Waals surface area contributed by atoms with Crippen LogP contribution in [0.2, 0.25) is 0 Å². The Morgan fingerprint density at radius 3 is 2.90 bits per heavy atom. The van der Waals surface area contributed by atoms with Crippen molar-refractivity contribution in [3.63, 3.8) is 0 Å². The number of benzene rings is 1. The number of imidazole rings is 1. The van der Waals surface area contributed by atoms with Gasteiger partial charge in [0.2, 0.25) is 5.88 Å². The molecule has 3 aromatic heterocycles. The summed E-state index contributed by atoms with van der Waals surface area (Å²) in [7, 11) is 1.40. The van der Waals surface area contributed by atoms with Crippen molar-refractivity contribution in [2.75, 3.05) is 12.4 Å². The third kappa shape index (κ3) is 3.72. The second kappa shape index (κ2) is 7.27. The topological polar surface area (TPSA) is 133 Å². The maximum Gasteiger partial charge on any atom is 0.326 e. The molecule has 158 valence electrons. The van der Waals surface area contributed by atoms with Crippen LogP contribution in [-0.4, -0.2) is 42.8 Å². The van der Waals surface area contributed by atoms with E-state index in [1.807, 2.05) is 0 Å². The van der Waals surface area contributed by atoms with Crippen LogP contribution in [0.1, 0.15) is 18.5 Å². The van der Waals surface area contributed by atoms with Crippen LogP contribution >= 0.6 is 0 Å². The lowest BCUT2D eigenvalue weighted by Gasteiger charge is -2.09. The Bertz CT molecular complexity index is 1470. The molecule has 0 atom stereocenters. The van der Waals surface area contributed by atoms with Crippen molar-refractivity contribution >= 4 is 23.2 Å². The molecule has 0 aliphatic heterocycles. The van der Waals surface area contributed by atoms with Gasteiger partial charge in [0.05, 0.1) is 19.3 Å². The summed E-state index contributed by atoms with van der Waals surface area (Å²) < 4.78 is 20.4. The molecule has 0 radical (unpaired) electrons. The van der Waals surface area contributed by atoms with Gasteiger partial charge in [-0.3, -0.25) is 9.98 Å². The molecule has 11 heteroatoms. The van der Waals surface area contributed by atoms with Crippen LogP contribution in [0, 0.1) is 5.82 Å². The molecule has 0 saturated heterocycles. The Labute approximate surface area is 173 Å². The number of aromatic amines is 2. The van der Waals surface area contributed by atoms with E-state index in [2.05, 4.69) is 25.4 Å². The van der Waals surface area contributed by atoms with Gasteiger partial charge in [-0.05, 0) is 31.1 Å². The summed E-state index contributed by atoms with van der Waals surface area (Å²) in [4.78, 5) is 25.5. The van der Waals surface area contributed by atoms with Gasteiger partial charge in [-0.15, -0.1) is 0 Å². The van der Waals surface area contributed by atoms with Crippen LogP contribution < -0.4 is 26.4 Å². The lowest BCUT2D eigenvalue weighted by atomic mass is 10.3. The number of halogens is 1. The Kier molecular flexibility index (Phi) is 4.42. The zero-order chi connectivity index (χ0) is 21.5. The molecule has 10 nitrogen and oxygen atoms in total. The molecule has 0 unspecified atom stereocenters. The average molecular weight is 423 g/mol. The van der Waals surface area contributed by atoms with E-state index in [0.29, 0.717) is 27.9 Å². The van der Waals surface area contributed by atoms with Crippen LogP contribution in [0.3, 0.4) is 0 Å². The number of nitrogens with one attached hydrogen (secondary N) is 3. The van der Waals surface area contributed by atoms with Crippen molar-refractivity contribution in [3.05, 3.63) is 63.2 Å². The minimum atomic E-state index is -0.523. The molecule has 31 heavy (non-hydrogen) atoms. The number of fused-ring (bicyclic) bond motifs is 1. The quantitative estimate of drug-likeness (QED) is 0.378. The van der Waals surface area contributed by atoms with Crippen LogP contribution in [0.5, 0.6) is 11.6 Å². The number of hydrogen-bond donors (Lipinski definition) is 4. The molecule has 0 bridgehead atoms. The minimum absolute atomic E-state index is 0.110. The zero-order valence-corrected chi connectivity index (χ0v) is 16.4. The molecule has 1 saturated carbocycles. The first-order valence-electron chi connectivity index (χ1n) is 9.56. The highest BCUT2D eigenvalue weighted by Crippen LogP contribution is 2.24. The normalized spacial score (nSPS) is 15.0. The molecular weight excluding hydrogens is 405 g/mol. The van der Waals surface area contributed by atoms with Gasteiger partial charge < -0.3 is 20.1 Å². The van der Waals surface area contributed by atoms with Crippen molar-refractivity contribution in [3.8, 4) is 11.6 Å². The first-order chi connectivity index (χ1) is 15.0. The molecule has 1 fully saturated rings. The van der Waals surface area contributed by atoms with Crippen molar-refractivity contribution in [1.82, 2.24) is 24.6 Å². The molecule has 1 aliphatic rings. The van der Waals surface area contributed by atoms with Gasteiger partial charge >= 0.3 is 5.69 Å². The largest absolute Gasteiger partial charge is 0.494 e. The molecule has 3 heterocycles. The van der Waals surface area contributed by atoms with Crippen molar-refractivity contribution < 1.29 is 14.2 Å². The van der Waals surface area contributed by atoms with E-state index >= 15 is 0 Å². The number of anilines is 2. The Morgan fingerprint density at radius 1 is 1.35 bits per heavy atom. The number of aromatic hydroxyl groups is 1. The van der Waals surface area contributed by atoms with E-state index < -0.39 is 11.5 Å². The maximum atomic E-state index is 13.7. The molecule has 5 rings (SSSR count). The standard InChI is InChI=1S/C20H18FN7O3/c1-31-15-7-12(4-5-13(15)21)23-16-8-17(24-11-2-3-11)28-18(26-16)10(9-22-28)6-14-19(29)27-20(30)25-14/h4-9,11,23,29H,2-3H2,1H3,(H2,25,27,30)/b10-6-,24-17?. The summed E-state index contributed by atoms with van der Waals surface area (Å²) >= 11 is 0. The molecule has 4 aromatic rings. The highest BCUT2D eigenvalue weighted by atomic mass is 19.1. The number of aromatic nitrogens is 5. The highest BCUT2D eigenvalue weighted by Gasteiger charge is 2.20. The average Bonchev–Trinajstić information content (AvgIpc) is 3.38. The van der Waals surface area contributed by atoms with Gasteiger partial charge in [0.25, 0.3) is 0 Å². The molecule has 0 amide bonds. The van der Waals surface area contributed by atoms with Gasteiger partial charge in [0.1, 0.15) is 11.5 Å². The van der Waals surface area contributed by atoms with Crippen molar-refractivity contribution in [2.24, 2.45) is 4.99 Å². The molecular formula is C20H18FN7O3. The van der Waals surface area contributed by atoms with Crippen molar-refractivity contribution in [1.29, 1.82) is 0 Å². The van der Waals surface area contributed by atoms with Gasteiger partial charge in [-0.1, -0.05) is 0 Å². The number of rotatable bonds is 5. The van der Waals surface area contributed by atoms with Crippen LogP contribution in [-0.2, 0) is 0 Å². The second-order valence-electron chi connectivity index (χ2n) is 7.16. The van der Waals surface area contributed by atoms with E-state index in [4.69, 9.17) is 9.73 Å². The first-order valence-corrected chi connectivity index (χ1v) is 9.56. The maximum absolute atomic E-state index is 13.7. The molecule has 1 aromatic carbocycles. The SMILES string of the molecule is COc1cc(Nc2cc(=NC3CC3)n3nc/c(=C/c4[nH]c(=O)[nH]c4O)c3n2)ccc1F. The van der Waals surface area contributed by atoms with Crippen LogP contribution in [0.25, 0.3) is 11.7 Å². The summed E-state index contributed by atoms with van der Waals surface area (Å²) in [5.41, 5.74) is 1.36. The van der Waals surface area contributed by atoms with E-state index in [0.717, 1.165) is 12.8 Å². The monoisotopic (exact) mass is 423 g/mol. The Hall–Kier alpha value is -4.15. The predicted molar refractivity (Wildman–Crippen MR) is 110 cm³/mol. The number of nitrogens with zero attached hydrogens (tertiary/aromatic N) is 4. The first kappa shape index (κ1) is 18.9. The number of H-pyrrole nitrogens is 2. The van der Waals surface area contributed by atoms with E-state index in [9.17, 15) is 14.3 Å². The molecule has 4 N–H and O–H groups in total. The number of methoxy groups -OCH3 is 1. The fraction of sp³-hybridized carbons (Fsp3) is 0.200. The number of ether oxygens (including phenoxy) is 1. The smallest absolute Gasteiger partial charge is 0.326 e. The summed E-state index contributed by atoms with van der Waals surface area (Å²) in [5, 5.41) is 17.9. The number of hydrogen-bond acceptors (Lipinski definition) is 7. The third-order valence-electron chi connectivity index (χ3n) is 4.80. The van der Waals surface area contributed by atoms with Crippen LogP contribution in [0.15, 0.2) is 40.2 Å². The lowest BCUT2D eigenvalue weighted by molar-refractivity contribution is 0.387. The van der Waals surface area contributed by atoms with Gasteiger partial charge in [-0.25, -0.2) is 14.2 Å². The fourth-order valence-corrected chi connectivity index (χ4v) is 3.15. The predicted octanol–water partition coefficient (Wildman–Crippen LogP) is 0.953. The third-order valence-corrected chi connectivity index (χ3v) is 4.80. The van der Waals surface area contributed by atoms with Crippen molar-refractivity contribution in [2.45, 2.75) is 18.9 Å². The molecule has 0 spiro atoms.